The van der Waals surface area contributed by atoms with E-state index in [1.165, 1.54) is 30.2 Å². The lowest BCUT2D eigenvalue weighted by Gasteiger charge is -2.22. The quantitative estimate of drug-likeness (QED) is 0.906. The molecule has 3 rings (SSSR count). The van der Waals surface area contributed by atoms with Gasteiger partial charge in [0.1, 0.15) is 0 Å². The monoisotopic (exact) mass is 270 g/mol. The fraction of sp³-hybridized carbons (Fsp3) is 0.471. The Bertz CT molecular complexity index is 581. The highest BCUT2D eigenvalue weighted by Gasteiger charge is 2.15. The zero-order valence-corrected chi connectivity index (χ0v) is 11.8. The Kier molecular flexibility index (Phi) is 4.05. The first-order valence-electron chi connectivity index (χ1n) is 7.66. The van der Waals surface area contributed by atoms with Gasteiger partial charge >= 0.3 is 0 Å². The van der Waals surface area contributed by atoms with E-state index in [0.29, 0.717) is 12.5 Å². The van der Waals surface area contributed by atoms with Crippen LogP contribution >= 0.6 is 0 Å². The molecule has 3 heteroatoms. The Morgan fingerprint density at radius 2 is 1.95 bits per heavy atom. The largest absolute Gasteiger partial charge is 0.353 e. The van der Waals surface area contributed by atoms with E-state index in [2.05, 4.69) is 34.3 Å². The molecule has 1 aromatic heterocycles. The number of aryl methyl sites for hydroxylation is 1. The van der Waals surface area contributed by atoms with Crippen LogP contribution in [0.3, 0.4) is 0 Å². The van der Waals surface area contributed by atoms with Crippen LogP contribution in [0.4, 0.5) is 0 Å². The van der Waals surface area contributed by atoms with Crippen LogP contribution in [0.15, 0.2) is 36.5 Å². The maximum atomic E-state index is 12.0. The van der Waals surface area contributed by atoms with Gasteiger partial charge in [-0.05, 0) is 30.4 Å². The number of amides is 1. The maximum Gasteiger partial charge on any atom is 0.222 e. The molecule has 1 heterocycles. The average molecular weight is 270 g/mol. The third-order valence-electron chi connectivity index (χ3n) is 4.23. The van der Waals surface area contributed by atoms with Crippen LogP contribution in [0.2, 0.25) is 0 Å². The Hall–Kier alpha value is -1.77. The minimum Gasteiger partial charge on any atom is -0.353 e. The molecule has 0 bridgehead atoms. The van der Waals surface area contributed by atoms with Gasteiger partial charge in [0.25, 0.3) is 0 Å². The summed E-state index contributed by atoms with van der Waals surface area (Å²) in [6, 6.07) is 10.8. The summed E-state index contributed by atoms with van der Waals surface area (Å²) in [6.07, 6.45) is 8.77. The van der Waals surface area contributed by atoms with E-state index in [4.69, 9.17) is 0 Å². The Morgan fingerprint density at radius 1 is 1.15 bits per heavy atom. The first-order valence-corrected chi connectivity index (χ1v) is 7.66. The highest BCUT2D eigenvalue weighted by molar-refractivity contribution is 5.80. The molecule has 2 aromatic rings. The van der Waals surface area contributed by atoms with Gasteiger partial charge in [-0.3, -0.25) is 4.79 Å². The normalized spacial score (nSPS) is 16.4. The number of benzene rings is 1. The number of carbonyl (C=O) groups is 1. The number of nitrogens with one attached hydrogen (secondary N) is 1. The van der Waals surface area contributed by atoms with E-state index in [1.807, 2.05) is 12.1 Å². The van der Waals surface area contributed by atoms with Crippen molar-refractivity contribution in [1.82, 2.24) is 9.88 Å². The molecule has 1 amide bonds. The first kappa shape index (κ1) is 13.2. The third kappa shape index (κ3) is 3.03. The van der Waals surface area contributed by atoms with E-state index in [0.717, 1.165) is 19.4 Å². The van der Waals surface area contributed by atoms with Crippen LogP contribution in [-0.4, -0.2) is 16.5 Å². The number of para-hydroxylation sites is 1. The summed E-state index contributed by atoms with van der Waals surface area (Å²) in [5.41, 5.74) is 1.21. The minimum atomic E-state index is 0.190. The zero-order valence-electron chi connectivity index (χ0n) is 11.8. The fourth-order valence-corrected chi connectivity index (χ4v) is 3.10. The Balaban J connectivity index is 1.54. The molecule has 0 spiro atoms. The number of fused-ring (bicyclic) bond motifs is 1. The van der Waals surface area contributed by atoms with Crippen molar-refractivity contribution in [3.8, 4) is 0 Å². The van der Waals surface area contributed by atoms with Crippen molar-refractivity contribution in [2.75, 3.05) is 0 Å². The second-order valence-electron chi connectivity index (χ2n) is 5.72. The molecule has 0 saturated heterocycles. The molecular weight excluding hydrogens is 248 g/mol. The van der Waals surface area contributed by atoms with Gasteiger partial charge in [-0.2, -0.15) is 0 Å². The number of carbonyl (C=O) groups excluding carboxylic acids is 1. The van der Waals surface area contributed by atoms with Crippen molar-refractivity contribution in [1.29, 1.82) is 0 Å². The van der Waals surface area contributed by atoms with Crippen LogP contribution in [0.1, 0.15) is 38.5 Å². The number of hydrogen-bond donors (Lipinski definition) is 1. The summed E-state index contributed by atoms with van der Waals surface area (Å²) in [6.45, 7) is 0.756. The number of hydrogen-bond acceptors (Lipinski definition) is 1. The molecule has 1 N–H and O–H groups in total. The Labute approximate surface area is 120 Å². The predicted molar refractivity (Wildman–Crippen MR) is 81.6 cm³/mol. The van der Waals surface area contributed by atoms with Gasteiger partial charge in [0.05, 0.1) is 0 Å². The van der Waals surface area contributed by atoms with Gasteiger partial charge in [-0.1, -0.05) is 37.5 Å². The lowest BCUT2D eigenvalue weighted by Crippen LogP contribution is -2.36. The summed E-state index contributed by atoms with van der Waals surface area (Å²) in [7, 11) is 0. The summed E-state index contributed by atoms with van der Waals surface area (Å²) in [5, 5.41) is 4.41. The topological polar surface area (TPSA) is 34.0 Å². The maximum absolute atomic E-state index is 12.0. The predicted octanol–water partition coefficient (Wildman–Crippen LogP) is 3.48. The molecule has 0 atom stereocenters. The second-order valence-corrected chi connectivity index (χ2v) is 5.72. The summed E-state index contributed by atoms with van der Waals surface area (Å²) in [5.74, 6) is 0.190. The van der Waals surface area contributed by atoms with E-state index >= 15 is 0 Å². The molecule has 1 aliphatic carbocycles. The van der Waals surface area contributed by atoms with Gasteiger partial charge < -0.3 is 9.88 Å². The molecule has 106 valence electrons. The van der Waals surface area contributed by atoms with E-state index in [-0.39, 0.29) is 5.91 Å². The molecule has 0 aliphatic heterocycles. The molecular formula is C17H22N2O. The smallest absolute Gasteiger partial charge is 0.222 e. The molecule has 20 heavy (non-hydrogen) atoms. The van der Waals surface area contributed by atoms with Crippen LogP contribution in [-0.2, 0) is 11.3 Å². The molecule has 1 fully saturated rings. The van der Waals surface area contributed by atoms with Crippen LogP contribution in [0.5, 0.6) is 0 Å². The highest BCUT2D eigenvalue weighted by atomic mass is 16.1. The molecule has 1 saturated carbocycles. The third-order valence-corrected chi connectivity index (χ3v) is 4.23. The van der Waals surface area contributed by atoms with Crippen LogP contribution in [0, 0.1) is 0 Å². The molecule has 3 nitrogen and oxygen atoms in total. The zero-order chi connectivity index (χ0) is 13.8. The van der Waals surface area contributed by atoms with Gasteiger partial charge in [-0.15, -0.1) is 0 Å². The molecule has 0 unspecified atom stereocenters. The van der Waals surface area contributed by atoms with Crippen molar-refractivity contribution in [3.63, 3.8) is 0 Å². The van der Waals surface area contributed by atoms with Gasteiger partial charge in [0.15, 0.2) is 0 Å². The highest BCUT2D eigenvalue weighted by Crippen LogP contribution is 2.18. The second kappa shape index (κ2) is 6.12. The van der Waals surface area contributed by atoms with E-state index in [9.17, 15) is 4.79 Å². The average Bonchev–Trinajstić information content (AvgIpc) is 2.89. The minimum absolute atomic E-state index is 0.190. The SMILES string of the molecule is O=C(CCn1ccc2ccccc21)NC1CCCCC1. The van der Waals surface area contributed by atoms with Crippen LogP contribution < -0.4 is 5.32 Å². The van der Waals surface area contributed by atoms with Crippen molar-refractivity contribution in [3.05, 3.63) is 36.5 Å². The lowest BCUT2D eigenvalue weighted by atomic mass is 9.95. The van der Waals surface area contributed by atoms with Crippen molar-refractivity contribution in [2.24, 2.45) is 0 Å². The number of rotatable bonds is 4. The van der Waals surface area contributed by atoms with Crippen LogP contribution in [0.25, 0.3) is 10.9 Å². The van der Waals surface area contributed by atoms with Crippen molar-refractivity contribution >= 4 is 16.8 Å². The van der Waals surface area contributed by atoms with E-state index in [1.54, 1.807) is 0 Å². The van der Waals surface area contributed by atoms with Gasteiger partial charge in [0.2, 0.25) is 5.91 Å². The van der Waals surface area contributed by atoms with Gasteiger partial charge in [0, 0.05) is 30.7 Å². The number of nitrogens with zero attached hydrogens (tertiary/aromatic N) is 1. The van der Waals surface area contributed by atoms with Gasteiger partial charge in [-0.25, -0.2) is 0 Å². The number of aromatic nitrogens is 1. The standard InChI is InChI=1S/C17H22N2O/c20-17(18-15-7-2-1-3-8-15)11-13-19-12-10-14-6-4-5-9-16(14)19/h4-6,9-10,12,15H,1-3,7-8,11,13H2,(H,18,20). The fourth-order valence-electron chi connectivity index (χ4n) is 3.10. The summed E-state index contributed by atoms with van der Waals surface area (Å²) in [4.78, 5) is 12.0. The molecule has 0 radical (unpaired) electrons. The van der Waals surface area contributed by atoms with Crippen molar-refractivity contribution in [2.45, 2.75) is 51.1 Å². The summed E-state index contributed by atoms with van der Waals surface area (Å²) < 4.78 is 2.16. The Morgan fingerprint density at radius 3 is 2.80 bits per heavy atom. The first-order chi connectivity index (χ1) is 9.83. The van der Waals surface area contributed by atoms with Crippen molar-refractivity contribution < 1.29 is 4.79 Å². The molecule has 1 aliphatic rings. The van der Waals surface area contributed by atoms with E-state index < -0.39 is 0 Å². The lowest BCUT2D eigenvalue weighted by molar-refractivity contribution is -0.122. The summed E-state index contributed by atoms with van der Waals surface area (Å²) >= 11 is 0. The molecule has 1 aromatic carbocycles.